The van der Waals surface area contributed by atoms with E-state index in [1.807, 2.05) is 30.3 Å². The zero-order chi connectivity index (χ0) is 14.6. The van der Waals surface area contributed by atoms with Gasteiger partial charge in [-0.25, -0.2) is 8.42 Å². The summed E-state index contributed by atoms with van der Waals surface area (Å²) < 4.78 is 25.2. The van der Waals surface area contributed by atoms with E-state index >= 15 is 0 Å². The predicted molar refractivity (Wildman–Crippen MR) is 77.5 cm³/mol. The average Bonchev–Trinajstić information content (AvgIpc) is 2.96. The molecular formula is C14H20N2O3S. The highest BCUT2D eigenvalue weighted by molar-refractivity contribution is 7.89. The molecule has 1 aromatic rings. The lowest BCUT2D eigenvalue weighted by atomic mass is 10.2. The minimum atomic E-state index is -3.30. The van der Waals surface area contributed by atoms with Crippen molar-refractivity contribution >= 4 is 15.9 Å². The van der Waals surface area contributed by atoms with E-state index in [2.05, 4.69) is 5.32 Å². The number of nitrogens with zero attached hydrogens (tertiary/aromatic N) is 1. The first kappa shape index (κ1) is 15.0. The number of sulfonamides is 1. The van der Waals surface area contributed by atoms with Crippen LogP contribution in [0.5, 0.6) is 0 Å². The van der Waals surface area contributed by atoms with Crippen LogP contribution in [0.15, 0.2) is 30.3 Å². The molecule has 110 valence electrons. The Balaban J connectivity index is 1.98. The molecule has 1 saturated heterocycles. The third kappa shape index (κ3) is 3.37. The van der Waals surface area contributed by atoms with Gasteiger partial charge in [0.05, 0.1) is 5.75 Å². The summed E-state index contributed by atoms with van der Waals surface area (Å²) in [5, 5.41) is 2.82. The SMILES string of the molecule is CCS(=O)(=O)N1CCC[C@@H]1C(=O)NCc1ccccc1. The molecule has 1 fully saturated rings. The molecule has 0 bridgehead atoms. The summed E-state index contributed by atoms with van der Waals surface area (Å²) in [5.74, 6) is -0.168. The van der Waals surface area contributed by atoms with Gasteiger partial charge in [-0.05, 0) is 25.3 Å². The quantitative estimate of drug-likeness (QED) is 0.885. The molecule has 0 saturated carbocycles. The van der Waals surface area contributed by atoms with Crippen molar-refractivity contribution in [2.75, 3.05) is 12.3 Å². The molecule has 1 N–H and O–H groups in total. The minimum Gasteiger partial charge on any atom is -0.351 e. The van der Waals surface area contributed by atoms with E-state index in [1.165, 1.54) is 4.31 Å². The lowest BCUT2D eigenvalue weighted by Crippen LogP contribution is -2.46. The van der Waals surface area contributed by atoms with Gasteiger partial charge in [0.25, 0.3) is 0 Å². The first-order valence-electron chi connectivity index (χ1n) is 6.85. The van der Waals surface area contributed by atoms with Crippen LogP contribution in [0, 0.1) is 0 Å². The van der Waals surface area contributed by atoms with Crippen molar-refractivity contribution in [2.24, 2.45) is 0 Å². The van der Waals surface area contributed by atoms with Crippen LogP contribution in [0.2, 0.25) is 0 Å². The molecule has 1 aromatic carbocycles. The smallest absolute Gasteiger partial charge is 0.238 e. The molecule has 1 atom stereocenters. The fourth-order valence-corrected chi connectivity index (χ4v) is 3.73. The molecule has 1 heterocycles. The summed E-state index contributed by atoms with van der Waals surface area (Å²) in [7, 11) is -3.30. The summed E-state index contributed by atoms with van der Waals surface area (Å²) in [6.45, 7) is 2.47. The van der Waals surface area contributed by atoms with Gasteiger partial charge in [-0.2, -0.15) is 4.31 Å². The largest absolute Gasteiger partial charge is 0.351 e. The van der Waals surface area contributed by atoms with E-state index < -0.39 is 16.1 Å². The molecular weight excluding hydrogens is 276 g/mol. The lowest BCUT2D eigenvalue weighted by molar-refractivity contribution is -0.124. The number of benzene rings is 1. The van der Waals surface area contributed by atoms with Gasteiger partial charge in [-0.15, -0.1) is 0 Å². The van der Waals surface area contributed by atoms with Gasteiger partial charge in [0.1, 0.15) is 6.04 Å². The fourth-order valence-electron chi connectivity index (χ4n) is 2.40. The van der Waals surface area contributed by atoms with E-state index in [-0.39, 0.29) is 11.7 Å². The summed E-state index contributed by atoms with van der Waals surface area (Å²) in [4.78, 5) is 12.2. The second kappa shape index (κ2) is 6.37. The monoisotopic (exact) mass is 296 g/mol. The van der Waals surface area contributed by atoms with Gasteiger partial charge < -0.3 is 5.32 Å². The van der Waals surface area contributed by atoms with Crippen LogP contribution in [0.25, 0.3) is 0 Å². The molecule has 1 aliphatic rings. The predicted octanol–water partition coefficient (Wildman–Crippen LogP) is 1.12. The van der Waals surface area contributed by atoms with E-state index in [0.29, 0.717) is 19.5 Å². The summed E-state index contributed by atoms with van der Waals surface area (Å²) in [6.07, 6.45) is 1.34. The summed E-state index contributed by atoms with van der Waals surface area (Å²) in [6, 6.07) is 9.03. The van der Waals surface area contributed by atoms with Gasteiger partial charge in [-0.1, -0.05) is 30.3 Å². The van der Waals surface area contributed by atoms with Crippen LogP contribution in [0.1, 0.15) is 25.3 Å². The Hall–Kier alpha value is -1.40. The Morgan fingerprint density at radius 1 is 1.35 bits per heavy atom. The Morgan fingerprint density at radius 3 is 2.70 bits per heavy atom. The number of hydrogen-bond acceptors (Lipinski definition) is 3. The van der Waals surface area contributed by atoms with Crippen LogP contribution in [0.4, 0.5) is 0 Å². The average molecular weight is 296 g/mol. The Kier molecular flexibility index (Phi) is 4.77. The van der Waals surface area contributed by atoms with E-state index in [1.54, 1.807) is 6.92 Å². The molecule has 0 aliphatic carbocycles. The molecule has 0 radical (unpaired) electrons. The van der Waals surface area contributed by atoms with Crippen molar-refractivity contribution < 1.29 is 13.2 Å². The second-order valence-corrected chi connectivity index (χ2v) is 7.08. The maximum absolute atomic E-state index is 12.2. The topological polar surface area (TPSA) is 66.5 Å². The molecule has 1 amide bonds. The standard InChI is InChI=1S/C14H20N2O3S/c1-2-20(18,19)16-10-6-9-13(16)14(17)15-11-12-7-4-3-5-8-12/h3-5,7-8,13H,2,6,9-11H2,1H3,(H,15,17)/t13-/m1/s1. The van der Waals surface area contributed by atoms with Gasteiger partial charge in [0.2, 0.25) is 15.9 Å². The number of nitrogens with one attached hydrogen (secondary N) is 1. The molecule has 20 heavy (non-hydrogen) atoms. The van der Waals surface area contributed by atoms with Crippen molar-refractivity contribution in [1.29, 1.82) is 0 Å². The minimum absolute atomic E-state index is 0.0372. The Labute approximate surface area is 120 Å². The van der Waals surface area contributed by atoms with Crippen LogP contribution >= 0.6 is 0 Å². The normalized spacial score (nSPS) is 19.9. The Bertz CT molecular complexity index is 557. The maximum Gasteiger partial charge on any atom is 0.238 e. The van der Waals surface area contributed by atoms with Crippen LogP contribution < -0.4 is 5.32 Å². The Morgan fingerprint density at radius 2 is 2.05 bits per heavy atom. The molecule has 0 spiro atoms. The highest BCUT2D eigenvalue weighted by Gasteiger charge is 2.37. The molecule has 6 heteroatoms. The second-order valence-electron chi connectivity index (χ2n) is 4.87. The molecule has 0 aromatic heterocycles. The zero-order valence-electron chi connectivity index (χ0n) is 11.6. The van der Waals surface area contributed by atoms with Gasteiger partial charge in [0.15, 0.2) is 0 Å². The summed E-state index contributed by atoms with van der Waals surface area (Å²) in [5.41, 5.74) is 1.00. The van der Waals surface area contributed by atoms with Crippen molar-refractivity contribution in [3.63, 3.8) is 0 Å². The van der Waals surface area contributed by atoms with Gasteiger partial charge in [0, 0.05) is 13.1 Å². The molecule has 0 unspecified atom stereocenters. The van der Waals surface area contributed by atoms with Crippen molar-refractivity contribution in [1.82, 2.24) is 9.62 Å². The van der Waals surface area contributed by atoms with Crippen LogP contribution in [0.3, 0.4) is 0 Å². The van der Waals surface area contributed by atoms with Gasteiger partial charge in [-0.3, -0.25) is 4.79 Å². The lowest BCUT2D eigenvalue weighted by Gasteiger charge is -2.22. The number of carbonyl (C=O) groups is 1. The van der Waals surface area contributed by atoms with Crippen molar-refractivity contribution in [2.45, 2.75) is 32.4 Å². The third-order valence-electron chi connectivity index (χ3n) is 3.54. The first-order chi connectivity index (χ1) is 9.54. The molecule has 1 aliphatic heterocycles. The van der Waals surface area contributed by atoms with Crippen LogP contribution in [-0.2, 0) is 21.4 Å². The number of carbonyl (C=O) groups excluding carboxylic acids is 1. The van der Waals surface area contributed by atoms with E-state index in [4.69, 9.17) is 0 Å². The number of rotatable bonds is 5. The third-order valence-corrected chi connectivity index (χ3v) is 5.42. The maximum atomic E-state index is 12.2. The zero-order valence-corrected chi connectivity index (χ0v) is 12.4. The highest BCUT2D eigenvalue weighted by atomic mass is 32.2. The van der Waals surface area contributed by atoms with Crippen molar-refractivity contribution in [3.05, 3.63) is 35.9 Å². The molecule has 5 nitrogen and oxygen atoms in total. The number of amides is 1. The first-order valence-corrected chi connectivity index (χ1v) is 8.46. The fraction of sp³-hybridized carbons (Fsp3) is 0.500. The molecule has 2 rings (SSSR count). The van der Waals surface area contributed by atoms with Crippen molar-refractivity contribution in [3.8, 4) is 0 Å². The summed E-state index contributed by atoms with van der Waals surface area (Å²) >= 11 is 0. The van der Waals surface area contributed by atoms with E-state index in [9.17, 15) is 13.2 Å². The number of hydrogen-bond donors (Lipinski definition) is 1. The van der Waals surface area contributed by atoms with E-state index in [0.717, 1.165) is 12.0 Å². The highest BCUT2D eigenvalue weighted by Crippen LogP contribution is 2.21. The van der Waals surface area contributed by atoms with Gasteiger partial charge >= 0.3 is 0 Å². The van der Waals surface area contributed by atoms with Crippen LogP contribution in [-0.4, -0.2) is 37.0 Å².